The molecule has 0 radical (unpaired) electrons. The van der Waals surface area contributed by atoms with Gasteiger partial charge >= 0.3 is 11.9 Å². The van der Waals surface area contributed by atoms with Crippen molar-refractivity contribution in [1.29, 1.82) is 0 Å². The van der Waals surface area contributed by atoms with Gasteiger partial charge in [0.15, 0.2) is 0 Å². The number of rotatable bonds is 3. The van der Waals surface area contributed by atoms with Crippen LogP contribution in [-0.4, -0.2) is 19.0 Å². The molecule has 78 valence electrons. The van der Waals surface area contributed by atoms with Crippen molar-refractivity contribution in [2.75, 3.05) is 7.11 Å². The van der Waals surface area contributed by atoms with Crippen LogP contribution in [-0.2, 0) is 14.3 Å². The third kappa shape index (κ3) is 4.08. The zero-order chi connectivity index (χ0) is 11.1. The van der Waals surface area contributed by atoms with Crippen LogP contribution in [0.2, 0.25) is 0 Å². The Morgan fingerprint density at radius 1 is 1.07 bits per heavy atom. The van der Waals surface area contributed by atoms with Crippen LogP contribution in [0.5, 0.6) is 5.75 Å². The molecule has 0 bridgehead atoms. The zero-order valence-electron chi connectivity index (χ0n) is 8.17. The molecule has 0 heterocycles. The lowest BCUT2D eigenvalue weighted by atomic mass is 10.3. The van der Waals surface area contributed by atoms with Gasteiger partial charge in [0.25, 0.3) is 0 Å². The minimum Gasteiger partial charge on any atom is -0.466 e. The molecule has 0 fully saturated rings. The smallest absolute Gasteiger partial charge is 0.336 e. The minimum absolute atomic E-state index is 0.428. The summed E-state index contributed by atoms with van der Waals surface area (Å²) >= 11 is 0. The van der Waals surface area contributed by atoms with E-state index in [-0.39, 0.29) is 0 Å². The lowest BCUT2D eigenvalue weighted by Crippen LogP contribution is -2.05. The number of carbonyl (C=O) groups excluding carboxylic acids is 2. The lowest BCUT2D eigenvalue weighted by Gasteiger charge is -1.99. The van der Waals surface area contributed by atoms with E-state index in [1.165, 1.54) is 7.11 Å². The normalized spacial score (nSPS) is 9.93. The van der Waals surface area contributed by atoms with Crippen LogP contribution in [0.4, 0.5) is 0 Å². The molecule has 0 N–H and O–H groups in total. The van der Waals surface area contributed by atoms with Crippen LogP contribution < -0.4 is 4.74 Å². The number of para-hydroxylation sites is 1. The molecule has 0 spiro atoms. The molecule has 0 saturated heterocycles. The van der Waals surface area contributed by atoms with Crippen LogP contribution >= 0.6 is 0 Å². The first-order valence-electron chi connectivity index (χ1n) is 4.25. The van der Waals surface area contributed by atoms with E-state index in [1.54, 1.807) is 24.3 Å². The number of hydrogen-bond donors (Lipinski definition) is 0. The summed E-state index contributed by atoms with van der Waals surface area (Å²) in [6.07, 6.45) is 2.02. The summed E-state index contributed by atoms with van der Waals surface area (Å²) in [5, 5.41) is 0. The Bertz CT molecular complexity index is 367. The molecule has 0 unspecified atom stereocenters. The van der Waals surface area contributed by atoms with Crippen molar-refractivity contribution in [3.8, 4) is 5.75 Å². The van der Waals surface area contributed by atoms with Crippen LogP contribution in [0.3, 0.4) is 0 Å². The van der Waals surface area contributed by atoms with Gasteiger partial charge in [-0.1, -0.05) is 18.2 Å². The van der Waals surface area contributed by atoms with Gasteiger partial charge < -0.3 is 9.47 Å². The summed E-state index contributed by atoms with van der Waals surface area (Å²) in [7, 11) is 1.23. The number of benzene rings is 1. The Balaban J connectivity index is 2.50. The van der Waals surface area contributed by atoms with Crippen molar-refractivity contribution in [1.82, 2.24) is 0 Å². The molecule has 1 rings (SSSR count). The molecule has 0 saturated carbocycles. The van der Waals surface area contributed by atoms with Gasteiger partial charge in [-0.15, -0.1) is 0 Å². The Morgan fingerprint density at radius 2 is 1.67 bits per heavy atom. The van der Waals surface area contributed by atoms with Crippen molar-refractivity contribution < 1.29 is 19.1 Å². The number of carbonyl (C=O) groups is 2. The Labute approximate surface area is 87.1 Å². The fourth-order valence-electron chi connectivity index (χ4n) is 0.843. The first-order valence-corrected chi connectivity index (χ1v) is 4.25. The molecule has 4 heteroatoms. The van der Waals surface area contributed by atoms with Gasteiger partial charge in [-0.3, -0.25) is 0 Å². The minimum atomic E-state index is -0.619. The average Bonchev–Trinajstić information content (AvgIpc) is 2.27. The van der Waals surface area contributed by atoms with Gasteiger partial charge in [0.1, 0.15) is 5.75 Å². The maximum atomic E-state index is 11.1. The van der Waals surface area contributed by atoms with E-state index in [1.807, 2.05) is 6.07 Å². The predicted molar refractivity (Wildman–Crippen MR) is 53.2 cm³/mol. The summed E-state index contributed by atoms with van der Waals surface area (Å²) < 4.78 is 9.19. The third-order valence-electron chi connectivity index (χ3n) is 1.52. The molecule has 0 amide bonds. The maximum Gasteiger partial charge on any atom is 0.336 e. The van der Waals surface area contributed by atoms with Crippen LogP contribution in [0.1, 0.15) is 0 Å². The first-order chi connectivity index (χ1) is 7.22. The summed E-state index contributed by atoms with van der Waals surface area (Å²) in [5.74, 6) is -0.788. The fraction of sp³-hybridized carbons (Fsp3) is 0.0909. The highest BCUT2D eigenvalue weighted by Crippen LogP contribution is 2.08. The lowest BCUT2D eigenvalue weighted by molar-refractivity contribution is -0.135. The number of esters is 2. The summed E-state index contributed by atoms with van der Waals surface area (Å²) in [6, 6.07) is 8.58. The zero-order valence-corrected chi connectivity index (χ0v) is 8.17. The Hall–Kier alpha value is -2.10. The maximum absolute atomic E-state index is 11.1. The van der Waals surface area contributed by atoms with Gasteiger partial charge in [-0.25, -0.2) is 9.59 Å². The Morgan fingerprint density at radius 3 is 2.27 bits per heavy atom. The molecule has 15 heavy (non-hydrogen) atoms. The van der Waals surface area contributed by atoms with Crippen LogP contribution in [0, 0.1) is 0 Å². The average molecular weight is 206 g/mol. The molecule has 4 nitrogen and oxygen atoms in total. The van der Waals surface area contributed by atoms with E-state index in [0.717, 1.165) is 12.2 Å². The highest BCUT2D eigenvalue weighted by molar-refractivity contribution is 5.92. The standard InChI is InChI=1S/C11H10O4/c1-14-10(12)7-8-11(13)15-9-5-3-2-4-6-9/h2-8H,1H3/b8-7+. The second kappa shape index (κ2) is 5.59. The van der Waals surface area contributed by atoms with Crippen molar-refractivity contribution in [3.05, 3.63) is 42.5 Å². The monoisotopic (exact) mass is 206 g/mol. The second-order valence-electron chi connectivity index (χ2n) is 2.59. The molecule has 0 aliphatic carbocycles. The second-order valence-corrected chi connectivity index (χ2v) is 2.59. The molecule has 0 aliphatic rings. The molecular weight excluding hydrogens is 196 g/mol. The summed E-state index contributed by atoms with van der Waals surface area (Å²) in [4.78, 5) is 21.8. The fourth-order valence-corrected chi connectivity index (χ4v) is 0.843. The van der Waals surface area contributed by atoms with Crippen molar-refractivity contribution in [2.24, 2.45) is 0 Å². The van der Waals surface area contributed by atoms with Gasteiger partial charge in [0, 0.05) is 12.2 Å². The van der Waals surface area contributed by atoms with Crippen molar-refractivity contribution >= 4 is 11.9 Å². The largest absolute Gasteiger partial charge is 0.466 e. The number of ether oxygens (including phenoxy) is 2. The van der Waals surface area contributed by atoms with Gasteiger partial charge in [0.05, 0.1) is 7.11 Å². The quantitative estimate of drug-likeness (QED) is 0.425. The van der Waals surface area contributed by atoms with Crippen LogP contribution in [0.15, 0.2) is 42.5 Å². The molecule has 0 aliphatic heterocycles. The topological polar surface area (TPSA) is 52.6 Å². The van der Waals surface area contributed by atoms with E-state index >= 15 is 0 Å². The highest BCUT2D eigenvalue weighted by atomic mass is 16.5. The molecular formula is C11H10O4. The molecule has 0 aromatic heterocycles. The Kier molecular flexibility index (Phi) is 4.09. The predicted octanol–water partition coefficient (Wildman–Crippen LogP) is 1.32. The van der Waals surface area contributed by atoms with E-state index in [9.17, 15) is 9.59 Å². The first kappa shape index (κ1) is 11.0. The van der Waals surface area contributed by atoms with Crippen LogP contribution in [0.25, 0.3) is 0 Å². The van der Waals surface area contributed by atoms with Gasteiger partial charge in [0.2, 0.25) is 0 Å². The van der Waals surface area contributed by atoms with E-state index in [0.29, 0.717) is 5.75 Å². The summed E-state index contributed by atoms with van der Waals surface area (Å²) in [6.45, 7) is 0. The SMILES string of the molecule is COC(=O)/C=C/C(=O)Oc1ccccc1. The summed E-state index contributed by atoms with van der Waals surface area (Å²) in [5.41, 5.74) is 0. The molecule has 1 aromatic carbocycles. The van der Waals surface area contributed by atoms with Gasteiger partial charge in [-0.2, -0.15) is 0 Å². The molecule has 1 aromatic rings. The van der Waals surface area contributed by atoms with E-state index < -0.39 is 11.9 Å². The highest BCUT2D eigenvalue weighted by Gasteiger charge is 2.00. The van der Waals surface area contributed by atoms with E-state index in [4.69, 9.17) is 4.74 Å². The van der Waals surface area contributed by atoms with Crippen molar-refractivity contribution in [2.45, 2.75) is 0 Å². The molecule has 0 atom stereocenters. The van der Waals surface area contributed by atoms with E-state index in [2.05, 4.69) is 4.74 Å². The third-order valence-corrected chi connectivity index (χ3v) is 1.52. The van der Waals surface area contributed by atoms with Crippen molar-refractivity contribution in [3.63, 3.8) is 0 Å². The number of methoxy groups -OCH3 is 1. The number of hydrogen-bond acceptors (Lipinski definition) is 4. The van der Waals surface area contributed by atoms with Gasteiger partial charge in [-0.05, 0) is 12.1 Å².